The van der Waals surface area contributed by atoms with Crippen molar-refractivity contribution >= 4 is 11.7 Å². The zero-order valence-corrected chi connectivity index (χ0v) is 9.84. The van der Waals surface area contributed by atoms with Crippen LogP contribution in [0.1, 0.15) is 57.8 Å². The van der Waals surface area contributed by atoms with E-state index in [1.54, 1.807) is 0 Å². The molecule has 0 radical (unpaired) electrons. The summed E-state index contributed by atoms with van der Waals surface area (Å²) >= 11 is 0. The lowest BCUT2D eigenvalue weighted by atomic mass is 9.86. The molecular weight excluding hydrogens is 202 g/mol. The van der Waals surface area contributed by atoms with E-state index in [2.05, 4.69) is 5.32 Å². The Morgan fingerprint density at radius 2 is 1.69 bits per heavy atom. The molecule has 2 aliphatic rings. The summed E-state index contributed by atoms with van der Waals surface area (Å²) < 4.78 is 0. The van der Waals surface area contributed by atoms with Crippen molar-refractivity contribution in [3.05, 3.63) is 0 Å². The molecule has 1 unspecified atom stereocenters. The number of carbonyl (C=O) groups is 2. The summed E-state index contributed by atoms with van der Waals surface area (Å²) in [6.45, 7) is 0. The Labute approximate surface area is 97.0 Å². The number of amides is 1. The van der Waals surface area contributed by atoms with E-state index in [0.29, 0.717) is 12.5 Å². The van der Waals surface area contributed by atoms with Gasteiger partial charge < -0.3 is 5.32 Å². The van der Waals surface area contributed by atoms with Gasteiger partial charge >= 0.3 is 0 Å². The number of Topliss-reactive ketones (excluding diaryl/α,β-unsaturated/α-hetero) is 1. The molecule has 90 valence electrons. The molecule has 0 bridgehead atoms. The second-order valence-corrected chi connectivity index (χ2v) is 5.11. The highest BCUT2D eigenvalue weighted by molar-refractivity contribution is 6.01. The number of rotatable bonds is 2. The fraction of sp³-hybridized carbons (Fsp3) is 0.846. The van der Waals surface area contributed by atoms with E-state index in [0.717, 1.165) is 32.1 Å². The fourth-order valence-electron chi connectivity index (χ4n) is 2.81. The van der Waals surface area contributed by atoms with Crippen molar-refractivity contribution < 1.29 is 9.59 Å². The van der Waals surface area contributed by atoms with Crippen LogP contribution in [-0.2, 0) is 9.59 Å². The third-order valence-electron chi connectivity index (χ3n) is 3.82. The van der Waals surface area contributed by atoms with E-state index in [1.807, 2.05) is 0 Å². The summed E-state index contributed by atoms with van der Waals surface area (Å²) in [6.07, 6.45) is 9.24. The smallest absolute Gasteiger partial charge is 0.230 e. The van der Waals surface area contributed by atoms with Crippen LogP contribution in [0.4, 0.5) is 0 Å². The maximum absolute atomic E-state index is 11.9. The van der Waals surface area contributed by atoms with E-state index in [9.17, 15) is 9.59 Å². The zero-order valence-electron chi connectivity index (χ0n) is 9.84. The molecule has 0 aromatic rings. The quantitative estimate of drug-likeness (QED) is 0.729. The number of carbonyl (C=O) groups excluding carboxylic acids is 2. The Morgan fingerprint density at radius 1 is 1.00 bits per heavy atom. The van der Waals surface area contributed by atoms with Gasteiger partial charge in [-0.2, -0.15) is 0 Å². The van der Waals surface area contributed by atoms with E-state index in [-0.39, 0.29) is 17.6 Å². The first-order valence-electron chi connectivity index (χ1n) is 6.60. The number of nitrogens with one attached hydrogen (secondary N) is 1. The van der Waals surface area contributed by atoms with Crippen LogP contribution in [0.3, 0.4) is 0 Å². The molecule has 0 aromatic heterocycles. The third-order valence-corrected chi connectivity index (χ3v) is 3.82. The van der Waals surface area contributed by atoms with Gasteiger partial charge in [0.25, 0.3) is 0 Å². The highest BCUT2D eigenvalue weighted by Gasteiger charge is 2.30. The molecule has 0 aliphatic heterocycles. The third kappa shape index (κ3) is 2.83. The van der Waals surface area contributed by atoms with Crippen LogP contribution < -0.4 is 5.32 Å². The minimum atomic E-state index is -0.337. The Balaban J connectivity index is 1.83. The molecule has 0 heterocycles. The maximum atomic E-state index is 11.9. The lowest BCUT2D eigenvalue weighted by molar-refractivity contribution is -0.136. The summed E-state index contributed by atoms with van der Waals surface area (Å²) in [5, 5.41) is 3.06. The Kier molecular flexibility index (Phi) is 3.97. The Hall–Kier alpha value is -0.860. The lowest BCUT2D eigenvalue weighted by Crippen LogP contribution is -2.43. The molecule has 0 saturated heterocycles. The van der Waals surface area contributed by atoms with E-state index in [1.165, 1.54) is 19.3 Å². The molecule has 2 saturated carbocycles. The molecule has 1 amide bonds. The predicted molar refractivity (Wildman–Crippen MR) is 62.0 cm³/mol. The Bertz CT molecular complexity index is 269. The van der Waals surface area contributed by atoms with Gasteiger partial charge in [0.05, 0.1) is 5.92 Å². The first-order valence-corrected chi connectivity index (χ1v) is 6.60. The average molecular weight is 223 g/mol. The molecule has 3 nitrogen and oxygen atoms in total. The van der Waals surface area contributed by atoms with E-state index in [4.69, 9.17) is 0 Å². The predicted octanol–water partition coefficient (Wildman–Crippen LogP) is 2.19. The van der Waals surface area contributed by atoms with Gasteiger partial charge in [0.2, 0.25) is 5.91 Å². The normalized spacial score (nSPS) is 27.8. The van der Waals surface area contributed by atoms with Gasteiger partial charge in [0, 0.05) is 12.5 Å². The zero-order chi connectivity index (χ0) is 11.4. The second kappa shape index (κ2) is 5.46. The number of hydrogen-bond acceptors (Lipinski definition) is 2. The van der Waals surface area contributed by atoms with Gasteiger partial charge in [-0.1, -0.05) is 25.7 Å². The largest absolute Gasteiger partial charge is 0.353 e. The minimum Gasteiger partial charge on any atom is -0.353 e. The van der Waals surface area contributed by atoms with Gasteiger partial charge in [-0.05, 0) is 25.7 Å². The average Bonchev–Trinajstić information content (AvgIpc) is 2.31. The Morgan fingerprint density at radius 3 is 2.38 bits per heavy atom. The van der Waals surface area contributed by atoms with Crippen LogP contribution in [0.25, 0.3) is 0 Å². The van der Waals surface area contributed by atoms with Gasteiger partial charge in [-0.25, -0.2) is 0 Å². The lowest BCUT2D eigenvalue weighted by Gasteiger charge is -2.26. The highest BCUT2D eigenvalue weighted by Crippen LogP contribution is 2.22. The van der Waals surface area contributed by atoms with Crippen molar-refractivity contribution in [2.75, 3.05) is 0 Å². The van der Waals surface area contributed by atoms with Crippen molar-refractivity contribution in [2.24, 2.45) is 5.92 Å². The van der Waals surface area contributed by atoms with Crippen molar-refractivity contribution in [2.45, 2.75) is 63.8 Å². The van der Waals surface area contributed by atoms with Crippen molar-refractivity contribution in [1.29, 1.82) is 0 Å². The van der Waals surface area contributed by atoms with E-state index < -0.39 is 0 Å². The van der Waals surface area contributed by atoms with Gasteiger partial charge in [0.1, 0.15) is 5.78 Å². The van der Waals surface area contributed by atoms with Crippen molar-refractivity contribution in [3.63, 3.8) is 0 Å². The van der Waals surface area contributed by atoms with Crippen LogP contribution in [0.15, 0.2) is 0 Å². The monoisotopic (exact) mass is 223 g/mol. The molecule has 2 rings (SSSR count). The number of hydrogen-bond donors (Lipinski definition) is 1. The molecule has 3 heteroatoms. The summed E-state index contributed by atoms with van der Waals surface area (Å²) in [4.78, 5) is 23.6. The summed E-state index contributed by atoms with van der Waals surface area (Å²) in [6, 6.07) is 0.330. The second-order valence-electron chi connectivity index (χ2n) is 5.11. The molecule has 2 aliphatic carbocycles. The fourth-order valence-corrected chi connectivity index (χ4v) is 2.81. The summed E-state index contributed by atoms with van der Waals surface area (Å²) in [5.74, 6) is -0.188. The minimum absolute atomic E-state index is 0.00315. The van der Waals surface area contributed by atoms with Crippen molar-refractivity contribution in [1.82, 2.24) is 5.32 Å². The standard InChI is InChI=1S/C13H21NO2/c15-12-9-5-4-8-11(12)13(16)14-10-6-2-1-3-7-10/h10-11H,1-9H2,(H,14,16). The summed E-state index contributed by atoms with van der Waals surface area (Å²) in [5.41, 5.74) is 0. The van der Waals surface area contributed by atoms with Crippen LogP contribution in [0.5, 0.6) is 0 Å². The first-order chi connectivity index (χ1) is 7.77. The first kappa shape index (κ1) is 11.6. The summed E-state index contributed by atoms with van der Waals surface area (Å²) in [7, 11) is 0. The molecule has 1 atom stereocenters. The molecule has 0 spiro atoms. The number of ketones is 1. The van der Waals surface area contributed by atoms with Crippen LogP contribution in [0, 0.1) is 5.92 Å². The maximum Gasteiger partial charge on any atom is 0.230 e. The topological polar surface area (TPSA) is 46.2 Å². The molecule has 2 fully saturated rings. The molecular formula is C13H21NO2. The van der Waals surface area contributed by atoms with Gasteiger partial charge in [0.15, 0.2) is 0 Å². The van der Waals surface area contributed by atoms with Gasteiger partial charge in [-0.3, -0.25) is 9.59 Å². The van der Waals surface area contributed by atoms with Gasteiger partial charge in [-0.15, -0.1) is 0 Å². The highest BCUT2D eigenvalue weighted by atomic mass is 16.2. The molecule has 0 aromatic carbocycles. The van der Waals surface area contributed by atoms with Crippen LogP contribution >= 0.6 is 0 Å². The van der Waals surface area contributed by atoms with Crippen molar-refractivity contribution in [3.8, 4) is 0 Å². The molecule has 1 N–H and O–H groups in total. The van der Waals surface area contributed by atoms with Crippen LogP contribution in [-0.4, -0.2) is 17.7 Å². The van der Waals surface area contributed by atoms with Crippen LogP contribution in [0.2, 0.25) is 0 Å². The molecule has 16 heavy (non-hydrogen) atoms. The SMILES string of the molecule is O=C1CCCCC1C(=O)NC1CCCCC1. The van der Waals surface area contributed by atoms with E-state index >= 15 is 0 Å².